The van der Waals surface area contributed by atoms with Crippen molar-refractivity contribution in [3.05, 3.63) is 0 Å². The van der Waals surface area contributed by atoms with Gasteiger partial charge in [0.15, 0.2) is 0 Å². The molecule has 0 heterocycles. The van der Waals surface area contributed by atoms with E-state index in [9.17, 15) is 4.79 Å². The van der Waals surface area contributed by atoms with Crippen LogP contribution >= 0.6 is 0 Å². The summed E-state index contributed by atoms with van der Waals surface area (Å²) in [5.74, 6) is 0.182. The minimum Gasteiger partial charge on any atom is -0.481 e. The van der Waals surface area contributed by atoms with Crippen LogP contribution in [0.3, 0.4) is 0 Å². The molecule has 1 fully saturated rings. The summed E-state index contributed by atoms with van der Waals surface area (Å²) in [7, 11) is 0. The Morgan fingerprint density at radius 2 is 1.83 bits per heavy atom. The van der Waals surface area contributed by atoms with Crippen LogP contribution in [0.25, 0.3) is 0 Å². The van der Waals surface area contributed by atoms with Crippen LogP contribution in [0.5, 0.6) is 0 Å². The number of rotatable bonds is 8. The SMILES string of the molecule is C[C@H](NCCCCCC(=O)O)C1CCCCCC1. The van der Waals surface area contributed by atoms with Crippen LogP contribution in [-0.2, 0) is 4.79 Å². The summed E-state index contributed by atoms with van der Waals surface area (Å²) < 4.78 is 0. The van der Waals surface area contributed by atoms with Crippen LogP contribution in [-0.4, -0.2) is 23.7 Å². The summed E-state index contributed by atoms with van der Waals surface area (Å²) in [6.07, 6.45) is 11.6. The second-order valence-corrected chi connectivity index (χ2v) is 5.70. The first-order valence-electron chi connectivity index (χ1n) is 7.65. The van der Waals surface area contributed by atoms with E-state index in [0.717, 1.165) is 31.7 Å². The number of aliphatic carboxylic acids is 1. The summed E-state index contributed by atoms with van der Waals surface area (Å²) in [4.78, 5) is 10.4. The first-order chi connectivity index (χ1) is 8.70. The quantitative estimate of drug-likeness (QED) is 0.515. The van der Waals surface area contributed by atoms with Gasteiger partial charge in [0.1, 0.15) is 0 Å². The molecule has 1 rings (SSSR count). The van der Waals surface area contributed by atoms with Crippen LogP contribution in [0.2, 0.25) is 0 Å². The number of hydrogen-bond acceptors (Lipinski definition) is 2. The highest BCUT2D eigenvalue weighted by Crippen LogP contribution is 2.25. The lowest BCUT2D eigenvalue weighted by Gasteiger charge is -2.23. The molecule has 1 aliphatic carbocycles. The molecule has 3 heteroatoms. The molecule has 0 saturated heterocycles. The summed E-state index contributed by atoms with van der Waals surface area (Å²) in [5.41, 5.74) is 0. The van der Waals surface area contributed by atoms with Gasteiger partial charge in [0.05, 0.1) is 0 Å². The van der Waals surface area contributed by atoms with Crippen LogP contribution in [0.1, 0.15) is 71.1 Å². The molecular weight excluding hydrogens is 226 g/mol. The van der Waals surface area contributed by atoms with Gasteiger partial charge < -0.3 is 10.4 Å². The van der Waals surface area contributed by atoms with E-state index >= 15 is 0 Å². The Morgan fingerprint density at radius 1 is 1.17 bits per heavy atom. The molecule has 0 aromatic heterocycles. The lowest BCUT2D eigenvalue weighted by molar-refractivity contribution is -0.137. The van der Waals surface area contributed by atoms with E-state index in [1.807, 2.05) is 0 Å². The van der Waals surface area contributed by atoms with Crippen LogP contribution in [0.4, 0.5) is 0 Å². The van der Waals surface area contributed by atoms with Gasteiger partial charge in [0, 0.05) is 12.5 Å². The molecule has 1 aliphatic rings. The van der Waals surface area contributed by atoms with Gasteiger partial charge in [0.2, 0.25) is 0 Å². The van der Waals surface area contributed by atoms with Crippen molar-refractivity contribution in [2.45, 2.75) is 77.2 Å². The predicted octanol–water partition coefficient (Wildman–Crippen LogP) is 3.58. The maximum atomic E-state index is 10.4. The molecule has 2 N–H and O–H groups in total. The van der Waals surface area contributed by atoms with Crippen molar-refractivity contribution in [3.63, 3.8) is 0 Å². The van der Waals surface area contributed by atoms with Crippen LogP contribution in [0, 0.1) is 5.92 Å². The molecule has 0 unspecified atom stereocenters. The van der Waals surface area contributed by atoms with Crippen molar-refractivity contribution in [1.29, 1.82) is 0 Å². The summed E-state index contributed by atoms with van der Waals surface area (Å²) in [5, 5.41) is 12.2. The molecule has 0 amide bonds. The highest BCUT2D eigenvalue weighted by atomic mass is 16.4. The molecule has 0 aliphatic heterocycles. The average molecular weight is 255 g/mol. The third kappa shape index (κ3) is 7.00. The fourth-order valence-corrected chi connectivity index (χ4v) is 2.89. The molecule has 1 atom stereocenters. The Kier molecular flexibility index (Phi) is 8.06. The van der Waals surface area contributed by atoms with E-state index in [2.05, 4.69) is 12.2 Å². The first-order valence-corrected chi connectivity index (χ1v) is 7.65. The minimum absolute atomic E-state index is 0.318. The molecule has 0 bridgehead atoms. The van der Waals surface area contributed by atoms with E-state index in [0.29, 0.717) is 12.5 Å². The van der Waals surface area contributed by atoms with Gasteiger partial charge in [-0.3, -0.25) is 4.79 Å². The normalized spacial score (nSPS) is 19.4. The zero-order valence-electron chi connectivity index (χ0n) is 11.8. The summed E-state index contributed by atoms with van der Waals surface area (Å²) >= 11 is 0. The van der Waals surface area contributed by atoms with Crippen molar-refractivity contribution in [2.24, 2.45) is 5.92 Å². The topological polar surface area (TPSA) is 49.3 Å². The van der Waals surface area contributed by atoms with Crippen LogP contribution < -0.4 is 5.32 Å². The number of hydrogen-bond donors (Lipinski definition) is 2. The van der Waals surface area contributed by atoms with Crippen molar-refractivity contribution >= 4 is 5.97 Å². The minimum atomic E-state index is -0.671. The van der Waals surface area contributed by atoms with E-state index in [1.165, 1.54) is 38.5 Å². The van der Waals surface area contributed by atoms with E-state index in [1.54, 1.807) is 0 Å². The maximum absolute atomic E-state index is 10.4. The second kappa shape index (κ2) is 9.37. The van der Waals surface area contributed by atoms with Gasteiger partial charge in [-0.2, -0.15) is 0 Å². The molecule has 3 nitrogen and oxygen atoms in total. The van der Waals surface area contributed by atoms with Crippen molar-refractivity contribution in [1.82, 2.24) is 5.32 Å². The van der Waals surface area contributed by atoms with Crippen molar-refractivity contribution in [3.8, 4) is 0 Å². The third-order valence-corrected chi connectivity index (χ3v) is 4.14. The Hall–Kier alpha value is -0.570. The molecule has 0 aromatic carbocycles. The number of nitrogens with one attached hydrogen (secondary N) is 1. The Bertz CT molecular complexity index is 223. The lowest BCUT2D eigenvalue weighted by Crippen LogP contribution is -2.34. The van der Waals surface area contributed by atoms with Crippen molar-refractivity contribution in [2.75, 3.05) is 6.54 Å². The number of carbonyl (C=O) groups is 1. The molecule has 106 valence electrons. The zero-order chi connectivity index (χ0) is 13.2. The molecule has 0 aromatic rings. The summed E-state index contributed by atoms with van der Waals surface area (Å²) in [6, 6.07) is 0.627. The maximum Gasteiger partial charge on any atom is 0.303 e. The lowest BCUT2D eigenvalue weighted by atomic mass is 9.93. The fourth-order valence-electron chi connectivity index (χ4n) is 2.89. The zero-order valence-corrected chi connectivity index (χ0v) is 11.8. The molecule has 1 saturated carbocycles. The Balaban J connectivity index is 2.01. The molecule has 0 spiro atoms. The first kappa shape index (κ1) is 15.5. The third-order valence-electron chi connectivity index (χ3n) is 4.14. The van der Waals surface area contributed by atoms with Gasteiger partial charge in [-0.25, -0.2) is 0 Å². The average Bonchev–Trinajstić information content (AvgIpc) is 2.61. The Labute approximate surface area is 111 Å². The summed E-state index contributed by atoms with van der Waals surface area (Å²) in [6.45, 7) is 3.35. The molecular formula is C15H29NO2. The van der Waals surface area contributed by atoms with Crippen molar-refractivity contribution < 1.29 is 9.90 Å². The van der Waals surface area contributed by atoms with E-state index < -0.39 is 5.97 Å². The van der Waals surface area contributed by atoms with Gasteiger partial charge in [-0.1, -0.05) is 32.1 Å². The standard InChI is InChI=1S/C15H29NO2/c1-13(14-9-5-2-3-6-10-14)16-12-8-4-7-11-15(17)18/h13-14,16H,2-12H2,1H3,(H,17,18)/t13-/m0/s1. The highest BCUT2D eigenvalue weighted by molar-refractivity contribution is 5.66. The molecule has 0 radical (unpaired) electrons. The monoisotopic (exact) mass is 255 g/mol. The van der Waals surface area contributed by atoms with E-state index in [-0.39, 0.29) is 0 Å². The number of carboxylic acid groups (broad SMARTS) is 1. The van der Waals surface area contributed by atoms with Gasteiger partial charge >= 0.3 is 5.97 Å². The Morgan fingerprint density at radius 3 is 2.44 bits per heavy atom. The smallest absolute Gasteiger partial charge is 0.303 e. The largest absolute Gasteiger partial charge is 0.481 e. The van der Waals surface area contributed by atoms with Gasteiger partial charge in [-0.15, -0.1) is 0 Å². The van der Waals surface area contributed by atoms with Crippen LogP contribution in [0.15, 0.2) is 0 Å². The number of unbranched alkanes of at least 4 members (excludes halogenated alkanes) is 2. The van der Waals surface area contributed by atoms with Gasteiger partial charge in [0.25, 0.3) is 0 Å². The highest BCUT2D eigenvalue weighted by Gasteiger charge is 2.18. The fraction of sp³-hybridized carbons (Fsp3) is 0.933. The second-order valence-electron chi connectivity index (χ2n) is 5.70. The van der Waals surface area contributed by atoms with E-state index in [4.69, 9.17) is 5.11 Å². The molecule has 18 heavy (non-hydrogen) atoms. The van der Waals surface area contributed by atoms with Gasteiger partial charge in [-0.05, 0) is 45.1 Å². The number of carboxylic acids is 1. The predicted molar refractivity (Wildman–Crippen MR) is 74.8 cm³/mol.